The fraction of sp³-hybridized carbons (Fsp3) is 0.583. The average molecular weight is 223 g/mol. The molecule has 0 aromatic carbocycles. The molecule has 88 valence electrons. The van der Waals surface area contributed by atoms with E-state index in [9.17, 15) is 4.39 Å². The number of pyridine rings is 1. The molecule has 16 heavy (non-hydrogen) atoms. The lowest BCUT2D eigenvalue weighted by molar-refractivity contribution is 0.272. The first-order chi connectivity index (χ1) is 7.81. The molecule has 1 unspecified atom stereocenters. The lowest BCUT2D eigenvalue weighted by atomic mass is 9.82. The first-order valence-corrected chi connectivity index (χ1v) is 5.88. The molecule has 1 heterocycles. The van der Waals surface area contributed by atoms with E-state index in [0.717, 1.165) is 18.4 Å². The van der Waals surface area contributed by atoms with E-state index in [4.69, 9.17) is 5.84 Å². The van der Waals surface area contributed by atoms with E-state index < -0.39 is 0 Å². The highest BCUT2D eigenvalue weighted by molar-refractivity contribution is 5.16. The largest absolute Gasteiger partial charge is 0.271 e. The summed E-state index contributed by atoms with van der Waals surface area (Å²) in [5.74, 6) is 5.79. The second-order valence-electron chi connectivity index (χ2n) is 4.48. The Balaban J connectivity index is 2.14. The lowest BCUT2D eigenvalue weighted by Crippen LogP contribution is -2.34. The molecule has 4 heteroatoms. The first kappa shape index (κ1) is 11.5. The lowest BCUT2D eigenvalue weighted by Gasteiger charge is -2.29. The second kappa shape index (κ2) is 5.37. The number of nitrogens with one attached hydrogen (secondary N) is 1. The van der Waals surface area contributed by atoms with E-state index >= 15 is 0 Å². The molecule has 3 N–H and O–H groups in total. The third kappa shape index (κ3) is 2.57. The molecule has 3 nitrogen and oxygen atoms in total. The van der Waals surface area contributed by atoms with Crippen LogP contribution in [0.4, 0.5) is 4.39 Å². The third-order valence-electron chi connectivity index (χ3n) is 3.39. The van der Waals surface area contributed by atoms with Crippen LogP contribution in [0.25, 0.3) is 0 Å². The molecule has 1 aromatic heterocycles. The summed E-state index contributed by atoms with van der Waals surface area (Å²) in [5, 5.41) is 0. The van der Waals surface area contributed by atoms with Gasteiger partial charge in [-0.25, -0.2) is 4.39 Å². The zero-order chi connectivity index (χ0) is 11.4. The Morgan fingerprint density at radius 3 is 2.69 bits per heavy atom. The number of aromatic nitrogens is 1. The molecule has 2 rings (SSSR count). The van der Waals surface area contributed by atoms with Gasteiger partial charge >= 0.3 is 0 Å². The van der Waals surface area contributed by atoms with Crippen molar-refractivity contribution in [1.29, 1.82) is 0 Å². The van der Waals surface area contributed by atoms with Crippen LogP contribution in [0.1, 0.15) is 43.7 Å². The van der Waals surface area contributed by atoms with E-state index in [1.807, 2.05) is 0 Å². The summed E-state index contributed by atoms with van der Waals surface area (Å²) >= 11 is 0. The maximum Gasteiger partial charge on any atom is 0.141 e. The van der Waals surface area contributed by atoms with Gasteiger partial charge in [0.25, 0.3) is 0 Å². The molecule has 1 aliphatic carbocycles. The van der Waals surface area contributed by atoms with Gasteiger partial charge in [-0.1, -0.05) is 19.3 Å². The van der Waals surface area contributed by atoms with Gasteiger partial charge in [-0.05, 0) is 30.4 Å². The van der Waals surface area contributed by atoms with Crippen LogP contribution < -0.4 is 11.3 Å². The topological polar surface area (TPSA) is 50.9 Å². The van der Waals surface area contributed by atoms with Crippen LogP contribution in [-0.2, 0) is 0 Å². The zero-order valence-corrected chi connectivity index (χ0v) is 9.32. The number of hydrogen-bond acceptors (Lipinski definition) is 3. The number of nitrogens with two attached hydrogens (primary N) is 1. The highest BCUT2D eigenvalue weighted by atomic mass is 19.1. The fourth-order valence-electron chi connectivity index (χ4n) is 2.57. The molecule has 1 aromatic rings. The summed E-state index contributed by atoms with van der Waals surface area (Å²) < 4.78 is 13.1. The van der Waals surface area contributed by atoms with Crippen molar-refractivity contribution in [3.05, 3.63) is 29.8 Å². The van der Waals surface area contributed by atoms with E-state index in [1.165, 1.54) is 31.5 Å². The Kier molecular flexibility index (Phi) is 3.85. The van der Waals surface area contributed by atoms with Crippen LogP contribution in [0.15, 0.2) is 18.5 Å². The monoisotopic (exact) mass is 223 g/mol. The minimum atomic E-state index is -0.298. The standard InChI is InChI=1S/C12H18FN3/c13-11-6-10(7-15-8-11)12(16-14)9-4-2-1-3-5-9/h6-9,12,16H,1-5,14H2. The van der Waals surface area contributed by atoms with E-state index in [2.05, 4.69) is 10.4 Å². The molecule has 0 spiro atoms. The minimum Gasteiger partial charge on any atom is -0.271 e. The molecule has 0 saturated heterocycles. The maximum absolute atomic E-state index is 13.1. The number of hydrogen-bond donors (Lipinski definition) is 2. The molecular formula is C12H18FN3. The molecule has 1 atom stereocenters. The van der Waals surface area contributed by atoms with Crippen molar-refractivity contribution in [3.8, 4) is 0 Å². The first-order valence-electron chi connectivity index (χ1n) is 5.88. The van der Waals surface area contributed by atoms with Crippen molar-refractivity contribution >= 4 is 0 Å². The van der Waals surface area contributed by atoms with Crippen molar-refractivity contribution in [1.82, 2.24) is 10.4 Å². The van der Waals surface area contributed by atoms with Gasteiger partial charge in [-0.15, -0.1) is 0 Å². The normalized spacial score (nSPS) is 19.6. The summed E-state index contributed by atoms with van der Waals surface area (Å²) in [5.41, 5.74) is 3.66. The van der Waals surface area contributed by atoms with Crippen LogP contribution in [0, 0.1) is 11.7 Å². The van der Waals surface area contributed by atoms with Crippen molar-refractivity contribution in [3.63, 3.8) is 0 Å². The summed E-state index contributed by atoms with van der Waals surface area (Å²) in [7, 11) is 0. The Labute approximate surface area is 95.2 Å². The summed E-state index contributed by atoms with van der Waals surface area (Å²) in [6.45, 7) is 0. The number of halogens is 1. The molecule has 0 amide bonds. The maximum atomic E-state index is 13.1. The van der Waals surface area contributed by atoms with E-state index in [0.29, 0.717) is 5.92 Å². The van der Waals surface area contributed by atoms with Gasteiger partial charge in [0.05, 0.1) is 12.2 Å². The van der Waals surface area contributed by atoms with Crippen molar-refractivity contribution in [2.45, 2.75) is 38.1 Å². The molecule has 1 saturated carbocycles. The second-order valence-corrected chi connectivity index (χ2v) is 4.48. The Bertz CT molecular complexity index is 337. The van der Waals surface area contributed by atoms with Crippen molar-refractivity contribution in [2.75, 3.05) is 0 Å². The third-order valence-corrected chi connectivity index (χ3v) is 3.39. The molecular weight excluding hydrogens is 205 g/mol. The van der Waals surface area contributed by atoms with Gasteiger partial charge < -0.3 is 0 Å². The van der Waals surface area contributed by atoms with Gasteiger partial charge in [-0.2, -0.15) is 0 Å². The van der Waals surface area contributed by atoms with Crippen molar-refractivity contribution in [2.24, 2.45) is 11.8 Å². The van der Waals surface area contributed by atoms with Crippen molar-refractivity contribution < 1.29 is 4.39 Å². The van der Waals surface area contributed by atoms with Crippen LogP contribution >= 0.6 is 0 Å². The van der Waals surface area contributed by atoms with Gasteiger partial charge in [0.15, 0.2) is 0 Å². The highest BCUT2D eigenvalue weighted by Gasteiger charge is 2.24. The highest BCUT2D eigenvalue weighted by Crippen LogP contribution is 2.33. The fourth-order valence-corrected chi connectivity index (χ4v) is 2.57. The molecule has 0 radical (unpaired) electrons. The van der Waals surface area contributed by atoms with Gasteiger partial charge in [0.2, 0.25) is 0 Å². The number of nitrogens with zero attached hydrogens (tertiary/aromatic N) is 1. The molecule has 0 bridgehead atoms. The van der Waals surface area contributed by atoms with Crippen LogP contribution in [0.5, 0.6) is 0 Å². The predicted molar refractivity (Wildman–Crippen MR) is 60.8 cm³/mol. The Hall–Kier alpha value is -1.00. The quantitative estimate of drug-likeness (QED) is 0.610. The summed E-state index contributed by atoms with van der Waals surface area (Å²) in [6, 6.07) is 1.55. The number of hydrazine groups is 1. The van der Waals surface area contributed by atoms with Crippen LogP contribution in [0.3, 0.4) is 0 Å². The van der Waals surface area contributed by atoms with E-state index in [1.54, 1.807) is 6.20 Å². The molecule has 0 aliphatic heterocycles. The predicted octanol–water partition coefficient (Wildman–Crippen LogP) is 2.31. The summed E-state index contributed by atoms with van der Waals surface area (Å²) in [4.78, 5) is 3.88. The van der Waals surface area contributed by atoms with Crippen LogP contribution in [0.2, 0.25) is 0 Å². The number of rotatable bonds is 3. The zero-order valence-electron chi connectivity index (χ0n) is 9.32. The molecule has 1 fully saturated rings. The van der Waals surface area contributed by atoms with Gasteiger partial charge in [0.1, 0.15) is 5.82 Å². The smallest absolute Gasteiger partial charge is 0.141 e. The average Bonchev–Trinajstić information content (AvgIpc) is 2.31. The Morgan fingerprint density at radius 1 is 1.31 bits per heavy atom. The Morgan fingerprint density at radius 2 is 2.06 bits per heavy atom. The molecule has 1 aliphatic rings. The SMILES string of the molecule is NNC(c1cncc(F)c1)C1CCCCC1. The van der Waals surface area contributed by atoms with Crippen LogP contribution in [-0.4, -0.2) is 4.98 Å². The van der Waals surface area contributed by atoms with Gasteiger partial charge in [0, 0.05) is 6.20 Å². The minimum absolute atomic E-state index is 0.0310. The van der Waals surface area contributed by atoms with Gasteiger partial charge in [-0.3, -0.25) is 16.3 Å². The van der Waals surface area contributed by atoms with E-state index in [-0.39, 0.29) is 11.9 Å². The summed E-state index contributed by atoms with van der Waals surface area (Å²) in [6.07, 6.45) is 9.02.